The van der Waals surface area contributed by atoms with Crippen molar-refractivity contribution in [1.82, 2.24) is 10.6 Å². The summed E-state index contributed by atoms with van der Waals surface area (Å²) < 4.78 is 5.50. The van der Waals surface area contributed by atoms with Gasteiger partial charge < -0.3 is 15.4 Å². The summed E-state index contributed by atoms with van der Waals surface area (Å²) in [5.74, 6) is -0.404. The van der Waals surface area contributed by atoms with Crippen molar-refractivity contribution in [2.24, 2.45) is 0 Å². The Morgan fingerprint density at radius 3 is 2.54 bits per heavy atom. The summed E-state index contributed by atoms with van der Waals surface area (Å²) in [6.45, 7) is 3.16. The minimum atomic E-state index is -0.263. The summed E-state index contributed by atoms with van der Waals surface area (Å²) >= 11 is 5.21. The summed E-state index contributed by atoms with van der Waals surface area (Å²) in [6, 6.07) is 14.2. The van der Waals surface area contributed by atoms with Crippen molar-refractivity contribution in [3.63, 3.8) is 0 Å². The predicted molar refractivity (Wildman–Crippen MR) is 113 cm³/mol. The number of hydrogen-bond acceptors (Lipinski definition) is 4. The second-order valence-electron chi connectivity index (χ2n) is 6.65. The fraction of sp³-hybridized carbons (Fsp3) is 0.286. The molecule has 6 nitrogen and oxygen atoms in total. The third kappa shape index (κ3) is 5.37. The van der Waals surface area contributed by atoms with Crippen LogP contribution in [0.1, 0.15) is 39.1 Å². The Balaban J connectivity index is 1.50. The van der Waals surface area contributed by atoms with E-state index < -0.39 is 0 Å². The van der Waals surface area contributed by atoms with Gasteiger partial charge in [0.25, 0.3) is 11.8 Å². The van der Waals surface area contributed by atoms with Gasteiger partial charge in [-0.3, -0.25) is 14.9 Å². The number of rotatable bonds is 5. The SMILES string of the molecule is Cc1ccccc1C(=O)NC(=S)Nc1ccc(C(=O)NCC2CCCO2)cc1. The molecule has 1 atom stereocenters. The van der Waals surface area contributed by atoms with Crippen molar-refractivity contribution in [2.45, 2.75) is 25.9 Å². The Hall–Kier alpha value is -2.77. The largest absolute Gasteiger partial charge is 0.376 e. The first-order valence-corrected chi connectivity index (χ1v) is 9.61. The molecule has 2 aromatic rings. The molecular formula is C21H23N3O3S. The van der Waals surface area contributed by atoms with Gasteiger partial charge in [0, 0.05) is 30.0 Å². The third-order valence-corrected chi connectivity index (χ3v) is 4.74. The van der Waals surface area contributed by atoms with Crippen molar-refractivity contribution in [1.29, 1.82) is 0 Å². The van der Waals surface area contributed by atoms with E-state index in [0.29, 0.717) is 23.4 Å². The summed E-state index contributed by atoms with van der Waals surface area (Å²) in [6.07, 6.45) is 2.13. The molecule has 0 aliphatic carbocycles. The van der Waals surface area contributed by atoms with E-state index in [1.165, 1.54) is 0 Å². The van der Waals surface area contributed by atoms with Gasteiger partial charge in [0.1, 0.15) is 0 Å². The molecule has 7 heteroatoms. The van der Waals surface area contributed by atoms with Gasteiger partial charge >= 0.3 is 0 Å². The van der Waals surface area contributed by atoms with Crippen LogP contribution in [0.3, 0.4) is 0 Å². The minimum Gasteiger partial charge on any atom is -0.376 e. The highest BCUT2D eigenvalue weighted by atomic mass is 32.1. The van der Waals surface area contributed by atoms with Gasteiger partial charge in [0.05, 0.1) is 6.10 Å². The van der Waals surface area contributed by atoms with Crippen LogP contribution in [-0.2, 0) is 4.74 Å². The number of hydrogen-bond donors (Lipinski definition) is 3. The van der Waals surface area contributed by atoms with Gasteiger partial charge in [0.15, 0.2) is 5.11 Å². The van der Waals surface area contributed by atoms with Crippen LogP contribution in [0.4, 0.5) is 5.69 Å². The minimum absolute atomic E-state index is 0.110. The average molecular weight is 398 g/mol. The summed E-state index contributed by atoms with van der Waals surface area (Å²) in [4.78, 5) is 24.5. The normalized spacial score (nSPS) is 15.7. The number of thiocarbonyl (C=S) groups is 1. The van der Waals surface area contributed by atoms with Gasteiger partial charge in [-0.2, -0.15) is 0 Å². The van der Waals surface area contributed by atoms with Crippen molar-refractivity contribution in [3.8, 4) is 0 Å². The first kappa shape index (κ1) is 20.0. The van der Waals surface area contributed by atoms with Crippen LogP contribution in [-0.4, -0.2) is 36.2 Å². The van der Waals surface area contributed by atoms with E-state index in [9.17, 15) is 9.59 Å². The van der Waals surface area contributed by atoms with Gasteiger partial charge in [-0.25, -0.2) is 0 Å². The maximum atomic E-state index is 12.3. The number of benzene rings is 2. The van der Waals surface area contributed by atoms with E-state index in [1.807, 2.05) is 19.1 Å². The Labute approximate surface area is 169 Å². The standard InChI is InChI=1S/C21H23N3O3S/c1-14-5-2-3-7-18(14)20(26)24-21(28)23-16-10-8-15(9-11-16)19(25)22-13-17-6-4-12-27-17/h2-3,5,7-11,17H,4,6,12-13H2,1H3,(H,22,25)(H2,23,24,26,28). The van der Waals surface area contributed by atoms with E-state index in [4.69, 9.17) is 17.0 Å². The summed E-state index contributed by atoms with van der Waals surface area (Å²) in [5, 5.41) is 8.70. The Morgan fingerprint density at radius 2 is 1.86 bits per heavy atom. The fourth-order valence-corrected chi connectivity index (χ4v) is 3.19. The summed E-state index contributed by atoms with van der Waals surface area (Å²) in [5.41, 5.74) is 2.69. The van der Waals surface area contributed by atoms with Gasteiger partial charge in [-0.05, 0) is 67.9 Å². The number of anilines is 1. The topological polar surface area (TPSA) is 79.5 Å². The second kappa shape index (κ2) is 9.43. The van der Waals surface area contributed by atoms with Crippen LogP contribution in [0.15, 0.2) is 48.5 Å². The molecule has 1 unspecified atom stereocenters. The predicted octanol–water partition coefficient (Wildman–Crippen LogP) is 3.03. The van der Waals surface area contributed by atoms with E-state index in [2.05, 4.69) is 16.0 Å². The molecule has 2 amide bonds. The number of carbonyl (C=O) groups excluding carboxylic acids is 2. The maximum Gasteiger partial charge on any atom is 0.257 e. The Morgan fingerprint density at radius 1 is 1.11 bits per heavy atom. The van der Waals surface area contributed by atoms with E-state index in [1.54, 1.807) is 36.4 Å². The molecule has 146 valence electrons. The lowest BCUT2D eigenvalue weighted by Gasteiger charge is -2.12. The van der Waals surface area contributed by atoms with Crippen molar-refractivity contribution < 1.29 is 14.3 Å². The molecule has 1 aliphatic rings. The number of aryl methyl sites for hydroxylation is 1. The van der Waals surface area contributed by atoms with Crippen molar-refractivity contribution >= 4 is 34.8 Å². The number of ether oxygens (including phenoxy) is 1. The van der Waals surface area contributed by atoms with Gasteiger partial charge in [0.2, 0.25) is 0 Å². The molecule has 0 bridgehead atoms. The highest BCUT2D eigenvalue weighted by Crippen LogP contribution is 2.13. The molecule has 3 N–H and O–H groups in total. The first-order chi connectivity index (χ1) is 13.5. The van der Waals surface area contributed by atoms with Crippen LogP contribution in [0, 0.1) is 6.92 Å². The molecule has 1 heterocycles. The zero-order valence-corrected chi connectivity index (χ0v) is 16.5. The van der Waals surface area contributed by atoms with E-state index in [0.717, 1.165) is 25.0 Å². The number of nitrogens with one attached hydrogen (secondary N) is 3. The molecule has 1 fully saturated rings. The third-order valence-electron chi connectivity index (χ3n) is 4.54. The van der Waals surface area contributed by atoms with Crippen molar-refractivity contribution in [3.05, 3.63) is 65.2 Å². The molecule has 1 saturated heterocycles. The van der Waals surface area contributed by atoms with Gasteiger partial charge in [-0.15, -0.1) is 0 Å². The maximum absolute atomic E-state index is 12.3. The molecule has 1 aliphatic heterocycles. The molecule has 3 rings (SSSR count). The van der Waals surface area contributed by atoms with Crippen LogP contribution in [0.25, 0.3) is 0 Å². The van der Waals surface area contributed by atoms with Gasteiger partial charge in [-0.1, -0.05) is 18.2 Å². The first-order valence-electron chi connectivity index (χ1n) is 9.21. The molecule has 0 spiro atoms. The lowest BCUT2D eigenvalue weighted by Crippen LogP contribution is -2.34. The fourth-order valence-electron chi connectivity index (χ4n) is 2.98. The molecule has 0 radical (unpaired) electrons. The zero-order valence-electron chi connectivity index (χ0n) is 15.7. The highest BCUT2D eigenvalue weighted by molar-refractivity contribution is 7.80. The summed E-state index contributed by atoms with van der Waals surface area (Å²) in [7, 11) is 0. The molecular weight excluding hydrogens is 374 g/mol. The lowest BCUT2D eigenvalue weighted by atomic mass is 10.1. The Kier molecular flexibility index (Phi) is 6.73. The average Bonchev–Trinajstić information content (AvgIpc) is 3.20. The molecule has 28 heavy (non-hydrogen) atoms. The van der Waals surface area contributed by atoms with Crippen LogP contribution in [0.2, 0.25) is 0 Å². The van der Waals surface area contributed by atoms with Crippen LogP contribution < -0.4 is 16.0 Å². The van der Waals surface area contributed by atoms with E-state index >= 15 is 0 Å². The Bertz CT molecular complexity index is 861. The van der Waals surface area contributed by atoms with Crippen LogP contribution in [0.5, 0.6) is 0 Å². The van der Waals surface area contributed by atoms with E-state index in [-0.39, 0.29) is 23.0 Å². The zero-order chi connectivity index (χ0) is 19.9. The van der Waals surface area contributed by atoms with Crippen molar-refractivity contribution in [2.75, 3.05) is 18.5 Å². The monoisotopic (exact) mass is 397 g/mol. The van der Waals surface area contributed by atoms with Crippen LogP contribution >= 0.6 is 12.2 Å². The number of amides is 2. The molecule has 0 saturated carbocycles. The number of carbonyl (C=O) groups is 2. The smallest absolute Gasteiger partial charge is 0.257 e. The second-order valence-corrected chi connectivity index (χ2v) is 7.05. The highest BCUT2D eigenvalue weighted by Gasteiger charge is 2.16. The lowest BCUT2D eigenvalue weighted by molar-refractivity contribution is 0.0857. The molecule has 2 aromatic carbocycles. The quantitative estimate of drug-likeness (QED) is 0.676. The molecule has 0 aromatic heterocycles.